The average molecular weight is 300 g/mol. The molecule has 0 aromatic heterocycles. The van der Waals surface area contributed by atoms with E-state index in [4.69, 9.17) is 0 Å². The molecule has 120 valence electrons. The van der Waals surface area contributed by atoms with Crippen LogP contribution in [0.4, 0.5) is 11.4 Å². The van der Waals surface area contributed by atoms with Gasteiger partial charge in [-0.25, -0.2) is 0 Å². The van der Waals surface area contributed by atoms with E-state index in [9.17, 15) is 4.79 Å². The SMILES string of the molecule is CCN(CC)c1ccc(NC(=O)CC2CC3CCC2C3)cc1. The number of amides is 1. The highest BCUT2D eigenvalue weighted by Crippen LogP contribution is 2.49. The molecule has 0 aliphatic heterocycles. The molecule has 2 fully saturated rings. The Kier molecular flexibility index (Phi) is 4.70. The van der Waals surface area contributed by atoms with E-state index in [2.05, 4.69) is 36.2 Å². The molecule has 3 unspecified atom stereocenters. The van der Waals surface area contributed by atoms with Crippen LogP contribution < -0.4 is 10.2 Å². The van der Waals surface area contributed by atoms with E-state index in [-0.39, 0.29) is 5.91 Å². The predicted molar refractivity (Wildman–Crippen MR) is 92.2 cm³/mol. The van der Waals surface area contributed by atoms with E-state index in [1.54, 1.807) is 0 Å². The van der Waals surface area contributed by atoms with E-state index in [1.165, 1.54) is 31.4 Å². The molecule has 2 bridgehead atoms. The number of benzene rings is 1. The summed E-state index contributed by atoms with van der Waals surface area (Å²) in [7, 11) is 0. The second-order valence-electron chi connectivity index (χ2n) is 6.91. The van der Waals surface area contributed by atoms with Crippen LogP contribution in [0.15, 0.2) is 24.3 Å². The molecule has 2 aliphatic carbocycles. The maximum atomic E-state index is 12.3. The fourth-order valence-corrected chi connectivity index (χ4v) is 4.42. The van der Waals surface area contributed by atoms with Crippen molar-refractivity contribution in [2.24, 2.45) is 17.8 Å². The van der Waals surface area contributed by atoms with Gasteiger partial charge in [0.05, 0.1) is 0 Å². The zero-order valence-electron chi connectivity index (χ0n) is 13.8. The van der Waals surface area contributed by atoms with Gasteiger partial charge in [0.1, 0.15) is 0 Å². The van der Waals surface area contributed by atoms with Gasteiger partial charge in [-0.3, -0.25) is 4.79 Å². The van der Waals surface area contributed by atoms with E-state index >= 15 is 0 Å². The van der Waals surface area contributed by atoms with Gasteiger partial charge >= 0.3 is 0 Å². The highest BCUT2D eigenvalue weighted by molar-refractivity contribution is 5.91. The normalized spacial score (nSPS) is 26.2. The first-order valence-corrected chi connectivity index (χ1v) is 8.84. The lowest BCUT2D eigenvalue weighted by Crippen LogP contribution is -2.22. The number of anilines is 2. The molecule has 0 radical (unpaired) electrons. The first kappa shape index (κ1) is 15.4. The first-order chi connectivity index (χ1) is 10.7. The number of nitrogens with one attached hydrogen (secondary N) is 1. The van der Waals surface area contributed by atoms with Gasteiger partial charge in [-0.1, -0.05) is 6.42 Å². The molecule has 1 N–H and O–H groups in total. The van der Waals surface area contributed by atoms with Crippen LogP contribution in [0.25, 0.3) is 0 Å². The number of fused-ring (bicyclic) bond motifs is 2. The van der Waals surface area contributed by atoms with Crippen LogP contribution in [-0.2, 0) is 4.79 Å². The third kappa shape index (κ3) is 3.29. The third-order valence-corrected chi connectivity index (χ3v) is 5.61. The van der Waals surface area contributed by atoms with Crippen molar-refractivity contribution in [3.05, 3.63) is 24.3 Å². The van der Waals surface area contributed by atoms with Crippen LogP contribution in [0.5, 0.6) is 0 Å². The maximum absolute atomic E-state index is 12.3. The fraction of sp³-hybridized carbons (Fsp3) is 0.632. The van der Waals surface area contributed by atoms with Crippen molar-refractivity contribution in [3.8, 4) is 0 Å². The molecule has 2 aliphatic rings. The minimum atomic E-state index is 0.188. The van der Waals surface area contributed by atoms with Crippen LogP contribution in [0.3, 0.4) is 0 Å². The van der Waals surface area contributed by atoms with Gasteiger partial charge in [-0.2, -0.15) is 0 Å². The molecule has 3 atom stereocenters. The Hall–Kier alpha value is -1.51. The van der Waals surface area contributed by atoms with E-state index in [0.29, 0.717) is 12.3 Å². The van der Waals surface area contributed by atoms with Crippen molar-refractivity contribution in [2.75, 3.05) is 23.3 Å². The van der Waals surface area contributed by atoms with Gasteiger partial charge in [0.25, 0.3) is 0 Å². The van der Waals surface area contributed by atoms with E-state index in [1.807, 2.05) is 12.1 Å². The quantitative estimate of drug-likeness (QED) is 0.849. The van der Waals surface area contributed by atoms with Crippen molar-refractivity contribution < 1.29 is 4.79 Å². The monoisotopic (exact) mass is 300 g/mol. The molecule has 1 aromatic rings. The van der Waals surface area contributed by atoms with E-state index in [0.717, 1.165) is 30.6 Å². The van der Waals surface area contributed by atoms with Crippen molar-refractivity contribution in [1.82, 2.24) is 0 Å². The third-order valence-electron chi connectivity index (χ3n) is 5.61. The molecular formula is C19H28N2O. The summed E-state index contributed by atoms with van der Waals surface area (Å²) in [5, 5.41) is 3.07. The maximum Gasteiger partial charge on any atom is 0.224 e. The smallest absolute Gasteiger partial charge is 0.224 e. The van der Waals surface area contributed by atoms with Crippen LogP contribution in [0.2, 0.25) is 0 Å². The summed E-state index contributed by atoms with van der Waals surface area (Å²) in [6.45, 7) is 6.34. The second kappa shape index (κ2) is 6.72. The molecular weight excluding hydrogens is 272 g/mol. The molecule has 1 aromatic carbocycles. The van der Waals surface area contributed by atoms with Crippen molar-refractivity contribution in [2.45, 2.75) is 46.0 Å². The standard InChI is InChI=1S/C19H28N2O/c1-3-21(4-2)18-9-7-17(8-10-18)20-19(22)13-16-12-14-5-6-15(16)11-14/h7-10,14-16H,3-6,11-13H2,1-2H3,(H,20,22). The Labute approximate surface area is 134 Å². The van der Waals surface area contributed by atoms with Gasteiger partial charge in [0, 0.05) is 30.9 Å². The van der Waals surface area contributed by atoms with Gasteiger partial charge in [0.2, 0.25) is 5.91 Å². The first-order valence-electron chi connectivity index (χ1n) is 8.84. The predicted octanol–water partition coefficient (Wildman–Crippen LogP) is 4.30. The Balaban J connectivity index is 1.53. The zero-order valence-corrected chi connectivity index (χ0v) is 13.8. The van der Waals surface area contributed by atoms with Crippen LogP contribution in [0, 0.1) is 17.8 Å². The molecule has 3 rings (SSSR count). The van der Waals surface area contributed by atoms with Crippen LogP contribution >= 0.6 is 0 Å². The van der Waals surface area contributed by atoms with Gasteiger partial charge in [-0.05, 0) is 75.1 Å². The number of hydrogen-bond donors (Lipinski definition) is 1. The van der Waals surface area contributed by atoms with Crippen LogP contribution in [-0.4, -0.2) is 19.0 Å². The summed E-state index contributed by atoms with van der Waals surface area (Å²) in [5.41, 5.74) is 2.14. The lowest BCUT2D eigenvalue weighted by Gasteiger charge is -2.22. The Morgan fingerprint density at radius 2 is 1.86 bits per heavy atom. The van der Waals surface area contributed by atoms with Gasteiger partial charge in [-0.15, -0.1) is 0 Å². The summed E-state index contributed by atoms with van der Waals surface area (Å²) in [4.78, 5) is 14.6. The summed E-state index contributed by atoms with van der Waals surface area (Å²) in [6.07, 6.45) is 6.10. The molecule has 3 nitrogen and oxygen atoms in total. The molecule has 0 spiro atoms. The molecule has 3 heteroatoms. The Morgan fingerprint density at radius 1 is 1.14 bits per heavy atom. The molecule has 0 saturated heterocycles. The summed E-state index contributed by atoms with van der Waals surface area (Å²) >= 11 is 0. The summed E-state index contributed by atoms with van der Waals surface area (Å²) in [6, 6.07) is 8.24. The molecule has 0 heterocycles. The highest BCUT2D eigenvalue weighted by Gasteiger charge is 2.40. The number of nitrogens with zero attached hydrogens (tertiary/aromatic N) is 1. The van der Waals surface area contributed by atoms with Crippen molar-refractivity contribution in [3.63, 3.8) is 0 Å². The molecule has 1 amide bonds. The minimum Gasteiger partial charge on any atom is -0.372 e. The molecule has 22 heavy (non-hydrogen) atoms. The summed E-state index contributed by atoms with van der Waals surface area (Å²) in [5.74, 6) is 2.55. The van der Waals surface area contributed by atoms with E-state index < -0.39 is 0 Å². The van der Waals surface area contributed by atoms with Crippen LogP contribution in [0.1, 0.15) is 46.0 Å². The zero-order chi connectivity index (χ0) is 15.5. The minimum absolute atomic E-state index is 0.188. The van der Waals surface area contributed by atoms with Crippen molar-refractivity contribution in [1.29, 1.82) is 0 Å². The lowest BCUT2D eigenvalue weighted by molar-refractivity contribution is -0.117. The Morgan fingerprint density at radius 3 is 2.41 bits per heavy atom. The second-order valence-corrected chi connectivity index (χ2v) is 6.91. The molecule has 2 saturated carbocycles. The topological polar surface area (TPSA) is 32.3 Å². The largest absolute Gasteiger partial charge is 0.372 e. The number of carbonyl (C=O) groups is 1. The fourth-order valence-electron chi connectivity index (χ4n) is 4.42. The lowest BCUT2D eigenvalue weighted by atomic mass is 9.86. The average Bonchev–Trinajstić information content (AvgIpc) is 3.12. The van der Waals surface area contributed by atoms with Gasteiger partial charge < -0.3 is 10.2 Å². The highest BCUT2D eigenvalue weighted by atomic mass is 16.1. The number of carbonyl (C=O) groups excluding carboxylic acids is 1. The Bertz CT molecular complexity index is 507. The number of hydrogen-bond acceptors (Lipinski definition) is 2. The van der Waals surface area contributed by atoms with Gasteiger partial charge in [0.15, 0.2) is 0 Å². The summed E-state index contributed by atoms with van der Waals surface area (Å²) < 4.78 is 0. The van der Waals surface area contributed by atoms with Crippen molar-refractivity contribution >= 4 is 17.3 Å². The number of rotatable bonds is 6.